The molecule has 0 atom stereocenters. The van der Waals surface area contributed by atoms with Gasteiger partial charge in [-0.3, -0.25) is 0 Å². The Morgan fingerprint density at radius 3 is 2.47 bits per heavy atom. The van der Waals surface area contributed by atoms with Crippen molar-refractivity contribution in [1.29, 1.82) is 0 Å². The molecule has 0 radical (unpaired) electrons. The van der Waals surface area contributed by atoms with E-state index in [0.717, 1.165) is 0 Å². The molecule has 0 heterocycles. The second-order valence-corrected chi connectivity index (χ2v) is 6.65. The molecule has 0 aliphatic heterocycles. The van der Waals surface area contributed by atoms with Crippen LogP contribution in [-0.2, 0) is 5.88 Å². The van der Waals surface area contributed by atoms with Crippen LogP contribution in [0.15, 0.2) is 42.5 Å². The lowest BCUT2D eigenvalue weighted by atomic mass is 10.2. The predicted octanol–water partition coefficient (Wildman–Crippen LogP) is 2.16. The van der Waals surface area contributed by atoms with Crippen molar-refractivity contribution in [2.24, 2.45) is 0 Å². The van der Waals surface area contributed by atoms with Gasteiger partial charge in [-0.25, -0.2) is 0 Å². The molecular weight excluding hydrogens is 244 g/mol. The molecule has 0 unspecified atom stereocenters. The molecule has 17 heavy (non-hydrogen) atoms. The highest BCUT2D eigenvalue weighted by atomic mass is 35.5. The van der Waals surface area contributed by atoms with Crippen LogP contribution in [-0.4, -0.2) is 9.52 Å². The van der Waals surface area contributed by atoms with Crippen LogP contribution in [0.25, 0.3) is 0 Å². The number of alkyl halides is 1. The summed E-state index contributed by atoms with van der Waals surface area (Å²) in [4.78, 5) is 0. The average Bonchev–Trinajstić information content (AvgIpc) is 2.33. The maximum atomic E-state index is 5.99. The molecule has 0 spiro atoms. The summed E-state index contributed by atoms with van der Waals surface area (Å²) < 4.78 is 0. The fourth-order valence-electron chi connectivity index (χ4n) is 2.11. The van der Waals surface area contributed by atoms with Gasteiger partial charge in [-0.1, -0.05) is 64.0 Å². The molecule has 2 rings (SSSR count). The molecule has 0 N–H and O–H groups in total. The van der Waals surface area contributed by atoms with Crippen molar-refractivity contribution in [3.8, 4) is 0 Å². The van der Waals surface area contributed by atoms with Crippen LogP contribution < -0.4 is 10.4 Å². The monoisotopic (exact) mass is 260 g/mol. The first-order valence-electron chi connectivity index (χ1n) is 5.89. The second kappa shape index (κ2) is 5.52. The SMILES string of the molecule is Cc1ccc([SiH2]c2ccccc2CCl)c(C)c1. The van der Waals surface area contributed by atoms with E-state index in [0.29, 0.717) is 5.88 Å². The van der Waals surface area contributed by atoms with Gasteiger partial charge in [0.05, 0.1) is 9.52 Å². The Kier molecular flexibility index (Phi) is 4.03. The zero-order valence-electron chi connectivity index (χ0n) is 10.3. The second-order valence-electron chi connectivity index (χ2n) is 4.51. The molecule has 0 fully saturated rings. The van der Waals surface area contributed by atoms with Crippen molar-refractivity contribution < 1.29 is 0 Å². The summed E-state index contributed by atoms with van der Waals surface area (Å²) in [7, 11) is -0.403. The van der Waals surface area contributed by atoms with E-state index < -0.39 is 9.52 Å². The fraction of sp³-hybridized carbons (Fsp3) is 0.200. The Bertz CT molecular complexity index is 520. The maximum absolute atomic E-state index is 5.99. The van der Waals surface area contributed by atoms with Gasteiger partial charge in [0.25, 0.3) is 0 Å². The Morgan fingerprint density at radius 2 is 1.76 bits per heavy atom. The summed E-state index contributed by atoms with van der Waals surface area (Å²) in [6.07, 6.45) is 0. The number of benzene rings is 2. The number of hydrogen-bond donors (Lipinski definition) is 0. The first-order valence-corrected chi connectivity index (χ1v) is 7.84. The Morgan fingerprint density at radius 1 is 1.00 bits per heavy atom. The molecule has 0 amide bonds. The van der Waals surface area contributed by atoms with E-state index in [4.69, 9.17) is 11.6 Å². The van der Waals surface area contributed by atoms with E-state index in [-0.39, 0.29) is 0 Å². The van der Waals surface area contributed by atoms with Crippen LogP contribution in [0.4, 0.5) is 0 Å². The molecular formula is C15H17ClSi. The summed E-state index contributed by atoms with van der Waals surface area (Å²) in [5.41, 5.74) is 4.05. The zero-order chi connectivity index (χ0) is 12.3. The lowest BCUT2D eigenvalue weighted by Crippen LogP contribution is -2.31. The molecule has 2 aromatic carbocycles. The van der Waals surface area contributed by atoms with Crippen molar-refractivity contribution in [2.45, 2.75) is 19.7 Å². The first kappa shape index (κ1) is 12.4. The minimum Gasteiger partial charge on any atom is -0.122 e. The Labute approximate surface area is 110 Å². The zero-order valence-corrected chi connectivity index (χ0v) is 12.5. The third-order valence-electron chi connectivity index (χ3n) is 3.14. The molecule has 0 nitrogen and oxygen atoms in total. The quantitative estimate of drug-likeness (QED) is 0.586. The van der Waals surface area contributed by atoms with Gasteiger partial charge in [0.15, 0.2) is 0 Å². The van der Waals surface area contributed by atoms with E-state index in [1.165, 1.54) is 27.1 Å². The van der Waals surface area contributed by atoms with Gasteiger partial charge in [-0.2, -0.15) is 0 Å². The molecule has 0 aliphatic carbocycles. The van der Waals surface area contributed by atoms with Gasteiger partial charge in [0, 0.05) is 5.88 Å². The molecule has 0 saturated carbocycles. The van der Waals surface area contributed by atoms with Crippen LogP contribution in [0.2, 0.25) is 0 Å². The van der Waals surface area contributed by atoms with Crippen molar-refractivity contribution in [3.05, 3.63) is 59.2 Å². The van der Waals surface area contributed by atoms with Crippen LogP contribution in [0, 0.1) is 13.8 Å². The molecule has 88 valence electrons. The summed E-state index contributed by atoms with van der Waals surface area (Å²) in [6, 6.07) is 15.3. The topological polar surface area (TPSA) is 0 Å². The fourth-order valence-corrected chi connectivity index (χ4v) is 4.28. The Hall–Kier alpha value is -1.05. The normalized spacial score (nSPS) is 11.2. The molecule has 0 bridgehead atoms. The Balaban J connectivity index is 2.31. The van der Waals surface area contributed by atoms with E-state index in [9.17, 15) is 0 Å². The number of rotatable bonds is 3. The summed E-state index contributed by atoms with van der Waals surface area (Å²) in [5, 5.41) is 2.99. The van der Waals surface area contributed by atoms with Gasteiger partial charge in [-0.15, -0.1) is 11.6 Å². The number of aryl methyl sites for hydroxylation is 2. The first-order chi connectivity index (χ1) is 8.20. The predicted molar refractivity (Wildman–Crippen MR) is 79.7 cm³/mol. The highest BCUT2D eigenvalue weighted by Gasteiger charge is 2.05. The van der Waals surface area contributed by atoms with Gasteiger partial charge < -0.3 is 0 Å². The van der Waals surface area contributed by atoms with E-state index in [1.54, 1.807) is 0 Å². The minimum atomic E-state index is -0.403. The van der Waals surface area contributed by atoms with Gasteiger partial charge >= 0.3 is 0 Å². The van der Waals surface area contributed by atoms with E-state index >= 15 is 0 Å². The highest BCUT2D eigenvalue weighted by molar-refractivity contribution is 6.68. The van der Waals surface area contributed by atoms with Crippen LogP contribution in [0.3, 0.4) is 0 Å². The molecule has 2 heteroatoms. The molecule has 0 saturated heterocycles. The number of hydrogen-bond acceptors (Lipinski definition) is 0. The minimum absolute atomic E-state index is 0.403. The van der Waals surface area contributed by atoms with Crippen molar-refractivity contribution in [1.82, 2.24) is 0 Å². The van der Waals surface area contributed by atoms with Crippen LogP contribution >= 0.6 is 11.6 Å². The van der Waals surface area contributed by atoms with Crippen molar-refractivity contribution >= 4 is 31.5 Å². The standard InChI is InChI=1S/C15H17ClSi/c1-11-7-8-14(12(2)9-11)17-15-6-4-3-5-13(15)10-16/h3-9H,10,17H2,1-2H3. The van der Waals surface area contributed by atoms with Crippen molar-refractivity contribution in [2.75, 3.05) is 0 Å². The lowest BCUT2D eigenvalue weighted by Gasteiger charge is -2.09. The van der Waals surface area contributed by atoms with Gasteiger partial charge in [-0.05, 0) is 19.4 Å². The highest BCUT2D eigenvalue weighted by Crippen LogP contribution is 2.02. The number of halogens is 1. The lowest BCUT2D eigenvalue weighted by molar-refractivity contribution is 1.41. The van der Waals surface area contributed by atoms with Crippen molar-refractivity contribution in [3.63, 3.8) is 0 Å². The molecule has 0 aliphatic rings. The average molecular weight is 261 g/mol. The summed E-state index contributed by atoms with van der Waals surface area (Å²) >= 11 is 5.99. The molecule has 0 aromatic heterocycles. The van der Waals surface area contributed by atoms with E-state index in [1.807, 2.05) is 0 Å². The third-order valence-corrected chi connectivity index (χ3v) is 5.67. The smallest absolute Gasteiger partial charge is 0.0882 e. The van der Waals surface area contributed by atoms with E-state index in [2.05, 4.69) is 56.3 Å². The summed E-state index contributed by atoms with van der Waals surface area (Å²) in [6.45, 7) is 4.35. The largest absolute Gasteiger partial charge is 0.122 e. The van der Waals surface area contributed by atoms with Crippen LogP contribution in [0.5, 0.6) is 0 Å². The third kappa shape index (κ3) is 2.99. The molecule has 2 aromatic rings. The maximum Gasteiger partial charge on any atom is 0.0882 e. The van der Waals surface area contributed by atoms with Crippen LogP contribution in [0.1, 0.15) is 16.7 Å². The van der Waals surface area contributed by atoms with Gasteiger partial charge in [0.2, 0.25) is 0 Å². The summed E-state index contributed by atoms with van der Waals surface area (Å²) in [5.74, 6) is 0.619. The van der Waals surface area contributed by atoms with Gasteiger partial charge in [0.1, 0.15) is 0 Å².